The number of aryl methyl sites for hydroxylation is 1. The van der Waals surface area contributed by atoms with E-state index in [9.17, 15) is 9.59 Å². The summed E-state index contributed by atoms with van der Waals surface area (Å²) in [7, 11) is 0. The third-order valence-electron chi connectivity index (χ3n) is 3.17. The molecule has 0 heterocycles. The van der Waals surface area contributed by atoms with Crippen LogP contribution in [0.25, 0.3) is 0 Å². The molecule has 2 aromatic carbocycles. The average Bonchev–Trinajstić information content (AvgIpc) is 2.58. The van der Waals surface area contributed by atoms with Crippen LogP contribution in [0.2, 0.25) is 5.02 Å². The Labute approximate surface area is 183 Å². The van der Waals surface area contributed by atoms with E-state index in [1.807, 2.05) is 19.1 Å². The van der Waals surface area contributed by atoms with Gasteiger partial charge in [0.15, 0.2) is 11.7 Å². The molecule has 2 amide bonds. The number of ether oxygens (including phenoxy) is 1. The molecule has 0 spiro atoms. The molecule has 0 atom stereocenters. The molecule has 6 nitrogen and oxygen atoms in total. The fraction of sp³-hybridized carbons (Fsp3) is 0.118. The summed E-state index contributed by atoms with van der Waals surface area (Å²) in [6.07, 6.45) is 0. The third kappa shape index (κ3) is 6.76. The number of amides is 2. The largest absolute Gasteiger partial charge is 0.482 e. The number of hydrogen-bond donors (Lipinski definition) is 3. The lowest BCUT2D eigenvalue weighted by atomic mass is 10.2. The van der Waals surface area contributed by atoms with Crippen molar-refractivity contribution in [2.24, 2.45) is 0 Å². The zero-order valence-corrected chi connectivity index (χ0v) is 18.7. The summed E-state index contributed by atoms with van der Waals surface area (Å²) in [5, 5.41) is 2.78. The molecule has 0 saturated carbocycles. The summed E-state index contributed by atoms with van der Waals surface area (Å²) in [6.45, 7) is 1.62. The quantitative estimate of drug-likeness (QED) is 0.409. The Kier molecular flexibility index (Phi) is 8.03. The van der Waals surface area contributed by atoms with Crippen LogP contribution in [-0.2, 0) is 4.79 Å². The van der Waals surface area contributed by atoms with Crippen LogP contribution in [0.4, 0.5) is 0 Å². The molecule has 142 valence electrons. The molecule has 27 heavy (non-hydrogen) atoms. The summed E-state index contributed by atoms with van der Waals surface area (Å²) in [4.78, 5) is 23.9. The lowest BCUT2D eigenvalue weighted by Gasteiger charge is -2.13. The summed E-state index contributed by atoms with van der Waals surface area (Å²) in [6, 6.07) is 10.1. The fourth-order valence-electron chi connectivity index (χ4n) is 2.02. The number of carbonyl (C=O) groups is 2. The minimum Gasteiger partial charge on any atom is -0.482 e. The van der Waals surface area contributed by atoms with Crippen molar-refractivity contribution in [1.29, 1.82) is 0 Å². The molecule has 0 aromatic heterocycles. The van der Waals surface area contributed by atoms with Gasteiger partial charge in [-0.05, 0) is 71.0 Å². The Hall–Kier alpha value is -1.68. The molecule has 0 fully saturated rings. The summed E-state index contributed by atoms with van der Waals surface area (Å²) >= 11 is 17.6. The van der Waals surface area contributed by atoms with Crippen LogP contribution in [0.1, 0.15) is 15.9 Å². The van der Waals surface area contributed by atoms with E-state index in [1.165, 1.54) is 6.07 Å². The summed E-state index contributed by atoms with van der Waals surface area (Å²) < 4.78 is 7.14. The van der Waals surface area contributed by atoms with E-state index in [1.54, 1.807) is 18.2 Å². The first-order chi connectivity index (χ1) is 12.8. The van der Waals surface area contributed by atoms with Crippen molar-refractivity contribution in [2.45, 2.75) is 6.92 Å². The monoisotopic (exact) mass is 533 g/mol. The van der Waals surface area contributed by atoms with E-state index in [0.29, 0.717) is 16.3 Å². The number of carbonyl (C=O) groups excluding carboxylic acids is 2. The normalized spacial score (nSPS) is 10.1. The van der Waals surface area contributed by atoms with Crippen molar-refractivity contribution in [3.63, 3.8) is 0 Å². The van der Waals surface area contributed by atoms with Gasteiger partial charge in [0.2, 0.25) is 0 Å². The second-order valence-corrected chi connectivity index (χ2v) is 7.90. The molecule has 0 saturated heterocycles. The van der Waals surface area contributed by atoms with Gasteiger partial charge in [-0.1, -0.05) is 33.6 Å². The number of hydrazine groups is 1. The van der Waals surface area contributed by atoms with Crippen molar-refractivity contribution < 1.29 is 14.3 Å². The lowest BCUT2D eigenvalue weighted by molar-refractivity contribution is -0.121. The SMILES string of the molecule is Cc1cc(Br)cc(Br)c1OCC(=O)NC(=S)NNC(=O)c1cccc(Cl)c1. The minimum absolute atomic E-state index is 0.0643. The maximum absolute atomic E-state index is 12.0. The van der Waals surface area contributed by atoms with Gasteiger partial charge >= 0.3 is 0 Å². The Morgan fingerprint density at radius 3 is 2.59 bits per heavy atom. The van der Waals surface area contributed by atoms with Gasteiger partial charge in [0.1, 0.15) is 5.75 Å². The highest BCUT2D eigenvalue weighted by Crippen LogP contribution is 2.32. The van der Waals surface area contributed by atoms with Gasteiger partial charge < -0.3 is 4.74 Å². The lowest BCUT2D eigenvalue weighted by Crippen LogP contribution is -2.49. The van der Waals surface area contributed by atoms with Gasteiger partial charge in [0.25, 0.3) is 11.8 Å². The average molecular weight is 536 g/mol. The van der Waals surface area contributed by atoms with Crippen molar-refractivity contribution in [1.82, 2.24) is 16.2 Å². The molecule has 0 bridgehead atoms. The van der Waals surface area contributed by atoms with Crippen molar-refractivity contribution in [3.8, 4) is 5.75 Å². The Morgan fingerprint density at radius 2 is 1.93 bits per heavy atom. The standard InChI is InChI=1S/C17H14Br2ClN3O3S/c1-9-5-11(18)7-13(19)15(9)26-8-14(24)21-17(27)23-22-16(25)10-3-2-4-12(20)6-10/h2-7H,8H2,1H3,(H,22,25)(H2,21,23,24,27). The Morgan fingerprint density at radius 1 is 1.19 bits per heavy atom. The summed E-state index contributed by atoms with van der Waals surface area (Å²) in [5.74, 6) is -0.361. The van der Waals surface area contributed by atoms with E-state index in [2.05, 4.69) is 48.0 Å². The molecule has 10 heteroatoms. The van der Waals surface area contributed by atoms with E-state index in [4.69, 9.17) is 28.6 Å². The Bertz CT molecular complexity index is 872. The number of halogens is 3. The molecule has 0 aliphatic carbocycles. The number of nitrogens with one attached hydrogen (secondary N) is 3. The Balaban J connectivity index is 1.80. The van der Waals surface area contributed by atoms with Gasteiger partial charge in [-0.15, -0.1) is 0 Å². The predicted octanol–water partition coefficient (Wildman–Crippen LogP) is 3.89. The maximum Gasteiger partial charge on any atom is 0.269 e. The topological polar surface area (TPSA) is 79.5 Å². The second-order valence-electron chi connectivity index (χ2n) is 5.29. The molecule has 2 rings (SSSR count). The van der Waals surface area contributed by atoms with E-state index in [-0.39, 0.29) is 11.7 Å². The van der Waals surface area contributed by atoms with Gasteiger partial charge in [-0.25, -0.2) is 0 Å². The van der Waals surface area contributed by atoms with E-state index >= 15 is 0 Å². The van der Waals surface area contributed by atoms with Gasteiger partial charge in [-0.3, -0.25) is 25.8 Å². The van der Waals surface area contributed by atoms with Gasteiger partial charge in [-0.2, -0.15) is 0 Å². The van der Waals surface area contributed by atoms with Crippen LogP contribution in [0.15, 0.2) is 45.3 Å². The predicted molar refractivity (Wildman–Crippen MR) is 115 cm³/mol. The van der Waals surface area contributed by atoms with E-state index in [0.717, 1.165) is 14.5 Å². The number of rotatable bonds is 4. The van der Waals surface area contributed by atoms with Crippen molar-refractivity contribution in [3.05, 3.63) is 61.5 Å². The molecule has 0 radical (unpaired) electrons. The highest BCUT2D eigenvalue weighted by Gasteiger charge is 2.11. The number of thiocarbonyl (C=S) groups is 1. The van der Waals surface area contributed by atoms with Crippen LogP contribution >= 0.6 is 55.7 Å². The maximum atomic E-state index is 12.0. The first-order valence-electron chi connectivity index (χ1n) is 7.50. The minimum atomic E-state index is -0.473. The molecular weight excluding hydrogens is 522 g/mol. The van der Waals surface area contributed by atoms with Gasteiger partial charge in [0.05, 0.1) is 4.47 Å². The van der Waals surface area contributed by atoms with Crippen molar-refractivity contribution in [2.75, 3.05) is 6.61 Å². The van der Waals surface area contributed by atoms with E-state index < -0.39 is 11.8 Å². The van der Waals surface area contributed by atoms with Gasteiger partial charge in [0, 0.05) is 15.1 Å². The smallest absolute Gasteiger partial charge is 0.269 e. The highest BCUT2D eigenvalue weighted by molar-refractivity contribution is 9.11. The van der Waals surface area contributed by atoms with Crippen LogP contribution in [-0.4, -0.2) is 23.5 Å². The zero-order chi connectivity index (χ0) is 20.0. The molecule has 2 aromatic rings. The van der Waals surface area contributed by atoms with Crippen LogP contribution < -0.4 is 20.9 Å². The van der Waals surface area contributed by atoms with Crippen LogP contribution in [0.3, 0.4) is 0 Å². The fourth-order valence-corrected chi connectivity index (χ4v) is 3.93. The molecule has 3 N–H and O–H groups in total. The molecule has 0 unspecified atom stereocenters. The first-order valence-corrected chi connectivity index (χ1v) is 9.87. The molecular formula is C17H14Br2ClN3O3S. The highest BCUT2D eigenvalue weighted by atomic mass is 79.9. The second kappa shape index (κ2) is 10.0. The molecule has 0 aliphatic rings. The number of benzene rings is 2. The van der Waals surface area contributed by atoms with Crippen molar-refractivity contribution >= 4 is 72.6 Å². The van der Waals surface area contributed by atoms with Crippen LogP contribution in [0.5, 0.6) is 5.75 Å². The zero-order valence-electron chi connectivity index (χ0n) is 13.9. The summed E-state index contributed by atoms with van der Waals surface area (Å²) in [5.41, 5.74) is 6.03. The third-order valence-corrected chi connectivity index (χ3v) is 4.66. The number of hydrogen-bond acceptors (Lipinski definition) is 4. The van der Waals surface area contributed by atoms with Crippen LogP contribution in [0, 0.1) is 6.92 Å². The molecule has 0 aliphatic heterocycles. The first kappa shape index (κ1) is 21.6.